The van der Waals surface area contributed by atoms with Gasteiger partial charge in [-0.1, -0.05) is 23.7 Å². The van der Waals surface area contributed by atoms with Crippen LogP contribution in [0.5, 0.6) is 5.88 Å². The maximum atomic E-state index is 5.81. The highest BCUT2D eigenvalue weighted by atomic mass is 35.5. The molecule has 0 spiro atoms. The highest BCUT2D eigenvalue weighted by Gasteiger charge is 2.00. The van der Waals surface area contributed by atoms with E-state index in [1.165, 1.54) is 0 Å². The summed E-state index contributed by atoms with van der Waals surface area (Å²) in [7, 11) is 0. The number of benzene rings is 1. The van der Waals surface area contributed by atoms with Crippen LogP contribution in [0.4, 0.5) is 5.95 Å². The van der Waals surface area contributed by atoms with Gasteiger partial charge >= 0.3 is 0 Å². The molecule has 94 valence electrons. The molecule has 1 aromatic carbocycles. The molecule has 0 bridgehead atoms. The molecule has 0 fully saturated rings. The van der Waals surface area contributed by atoms with Gasteiger partial charge in [0.25, 0.3) is 0 Å². The number of hydrogen-bond acceptors (Lipinski definition) is 4. The first-order valence-electron chi connectivity index (χ1n) is 5.72. The van der Waals surface area contributed by atoms with Crippen molar-refractivity contribution in [2.24, 2.45) is 0 Å². The first-order chi connectivity index (χ1) is 8.78. The van der Waals surface area contributed by atoms with Crippen molar-refractivity contribution in [3.05, 3.63) is 47.1 Å². The Hall–Kier alpha value is -1.81. The van der Waals surface area contributed by atoms with E-state index in [1.807, 2.05) is 31.2 Å². The lowest BCUT2D eigenvalue weighted by atomic mass is 10.2. The normalized spacial score (nSPS) is 10.1. The average Bonchev–Trinajstić information content (AvgIpc) is 2.39. The fourth-order valence-electron chi connectivity index (χ4n) is 1.40. The summed E-state index contributed by atoms with van der Waals surface area (Å²) < 4.78 is 5.58. The Labute approximate surface area is 111 Å². The lowest BCUT2D eigenvalue weighted by Crippen LogP contribution is -2.03. The summed E-state index contributed by atoms with van der Waals surface area (Å²) >= 11 is 5.81. The van der Waals surface area contributed by atoms with Gasteiger partial charge in [0.05, 0.1) is 0 Å². The molecule has 0 amide bonds. The van der Waals surface area contributed by atoms with Crippen LogP contribution in [0.3, 0.4) is 0 Å². The van der Waals surface area contributed by atoms with E-state index in [1.54, 1.807) is 12.3 Å². The molecule has 0 unspecified atom stereocenters. The standard InChI is InChI=1S/C13H14ClN3O/c1-2-15-13-16-8-7-12(17-13)18-9-10-3-5-11(14)6-4-10/h3-8H,2,9H2,1H3,(H,15,16,17). The average molecular weight is 264 g/mol. The van der Waals surface area contributed by atoms with E-state index in [9.17, 15) is 0 Å². The van der Waals surface area contributed by atoms with Gasteiger partial charge in [0.1, 0.15) is 6.61 Å². The van der Waals surface area contributed by atoms with Crippen molar-refractivity contribution in [2.75, 3.05) is 11.9 Å². The Morgan fingerprint density at radius 3 is 2.72 bits per heavy atom. The van der Waals surface area contributed by atoms with Crippen LogP contribution < -0.4 is 10.1 Å². The molecule has 5 heteroatoms. The zero-order valence-corrected chi connectivity index (χ0v) is 10.8. The molecule has 0 atom stereocenters. The van der Waals surface area contributed by atoms with E-state index in [-0.39, 0.29) is 0 Å². The minimum atomic E-state index is 0.458. The first kappa shape index (κ1) is 12.6. The number of anilines is 1. The van der Waals surface area contributed by atoms with E-state index in [2.05, 4.69) is 15.3 Å². The molecule has 1 aromatic heterocycles. The summed E-state index contributed by atoms with van der Waals surface area (Å²) in [6.07, 6.45) is 1.67. The zero-order chi connectivity index (χ0) is 12.8. The fourth-order valence-corrected chi connectivity index (χ4v) is 1.53. The minimum Gasteiger partial charge on any atom is -0.473 e. The molecule has 0 radical (unpaired) electrons. The van der Waals surface area contributed by atoms with Crippen LogP contribution in [0, 0.1) is 0 Å². The van der Waals surface area contributed by atoms with Crippen LogP contribution in [0.1, 0.15) is 12.5 Å². The van der Waals surface area contributed by atoms with Crippen molar-refractivity contribution in [3.8, 4) is 5.88 Å². The summed E-state index contributed by atoms with van der Waals surface area (Å²) in [4.78, 5) is 8.30. The maximum Gasteiger partial charge on any atom is 0.225 e. The van der Waals surface area contributed by atoms with Gasteiger partial charge < -0.3 is 10.1 Å². The van der Waals surface area contributed by atoms with Gasteiger partial charge in [0.2, 0.25) is 11.8 Å². The number of nitrogens with one attached hydrogen (secondary N) is 1. The predicted octanol–water partition coefficient (Wildman–Crippen LogP) is 3.14. The van der Waals surface area contributed by atoms with Gasteiger partial charge in [-0.15, -0.1) is 0 Å². The fraction of sp³-hybridized carbons (Fsp3) is 0.231. The molecule has 1 N–H and O–H groups in total. The molecule has 18 heavy (non-hydrogen) atoms. The summed E-state index contributed by atoms with van der Waals surface area (Å²) in [5.41, 5.74) is 1.04. The second-order valence-corrected chi connectivity index (χ2v) is 4.10. The van der Waals surface area contributed by atoms with Gasteiger partial charge in [-0.2, -0.15) is 4.98 Å². The number of nitrogens with zero attached hydrogens (tertiary/aromatic N) is 2. The smallest absolute Gasteiger partial charge is 0.225 e. The molecule has 4 nitrogen and oxygen atoms in total. The summed E-state index contributed by atoms with van der Waals surface area (Å²) in [6.45, 7) is 3.23. The van der Waals surface area contributed by atoms with Gasteiger partial charge in [0.15, 0.2) is 0 Å². The number of aromatic nitrogens is 2. The molecule has 0 aliphatic carbocycles. The van der Waals surface area contributed by atoms with Crippen LogP contribution in [-0.4, -0.2) is 16.5 Å². The van der Waals surface area contributed by atoms with Crippen LogP contribution in [-0.2, 0) is 6.61 Å². The first-order valence-corrected chi connectivity index (χ1v) is 6.10. The SMILES string of the molecule is CCNc1nccc(OCc2ccc(Cl)cc2)n1. The van der Waals surface area contributed by atoms with Gasteiger partial charge in [-0.05, 0) is 24.6 Å². The van der Waals surface area contributed by atoms with Crippen molar-refractivity contribution < 1.29 is 4.74 Å². The van der Waals surface area contributed by atoms with Crippen molar-refractivity contribution in [2.45, 2.75) is 13.5 Å². The van der Waals surface area contributed by atoms with Crippen molar-refractivity contribution in [1.82, 2.24) is 9.97 Å². The molecule has 2 rings (SSSR count). The number of rotatable bonds is 5. The second kappa shape index (κ2) is 6.21. The van der Waals surface area contributed by atoms with E-state index >= 15 is 0 Å². The molecule has 0 aliphatic rings. The minimum absolute atomic E-state index is 0.458. The topological polar surface area (TPSA) is 47.0 Å². The Morgan fingerprint density at radius 2 is 2.00 bits per heavy atom. The van der Waals surface area contributed by atoms with Crippen LogP contribution in [0.2, 0.25) is 5.02 Å². The Morgan fingerprint density at radius 1 is 1.22 bits per heavy atom. The largest absolute Gasteiger partial charge is 0.473 e. The molecule has 0 saturated carbocycles. The van der Waals surface area contributed by atoms with Crippen LogP contribution in [0.25, 0.3) is 0 Å². The van der Waals surface area contributed by atoms with E-state index in [0.29, 0.717) is 18.4 Å². The maximum absolute atomic E-state index is 5.81. The summed E-state index contributed by atoms with van der Waals surface area (Å²) in [5, 5.41) is 3.75. The molecule has 2 aromatic rings. The van der Waals surface area contributed by atoms with E-state index in [4.69, 9.17) is 16.3 Å². The molecule has 0 saturated heterocycles. The molecular formula is C13H14ClN3O. The number of halogens is 1. The predicted molar refractivity (Wildman–Crippen MR) is 72.0 cm³/mol. The Bertz CT molecular complexity index is 502. The molecular weight excluding hydrogens is 250 g/mol. The third kappa shape index (κ3) is 3.60. The summed E-state index contributed by atoms with van der Waals surface area (Å²) in [6, 6.07) is 9.26. The highest BCUT2D eigenvalue weighted by molar-refractivity contribution is 6.30. The van der Waals surface area contributed by atoms with Crippen LogP contribution in [0.15, 0.2) is 36.5 Å². The van der Waals surface area contributed by atoms with Gasteiger partial charge in [-0.3, -0.25) is 0 Å². The van der Waals surface area contributed by atoms with Crippen molar-refractivity contribution in [1.29, 1.82) is 0 Å². The lowest BCUT2D eigenvalue weighted by molar-refractivity contribution is 0.294. The summed E-state index contributed by atoms with van der Waals surface area (Å²) in [5.74, 6) is 1.13. The zero-order valence-electron chi connectivity index (χ0n) is 10.1. The monoisotopic (exact) mass is 263 g/mol. The van der Waals surface area contributed by atoms with Crippen molar-refractivity contribution >= 4 is 17.5 Å². The van der Waals surface area contributed by atoms with Crippen LogP contribution >= 0.6 is 11.6 Å². The number of hydrogen-bond donors (Lipinski definition) is 1. The van der Waals surface area contributed by atoms with Gasteiger partial charge in [0, 0.05) is 23.8 Å². The third-order valence-electron chi connectivity index (χ3n) is 2.26. The molecule has 1 heterocycles. The molecule has 0 aliphatic heterocycles. The Kier molecular flexibility index (Phi) is 4.36. The second-order valence-electron chi connectivity index (χ2n) is 3.66. The lowest BCUT2D eigenvalue weighted by Gasteiger charge is -2.07. The highest BCUT2D eigenvalue weighted by Crippen LogP contribution is 2.13. The quantitative estimate of drug-likeness (QED) is 0.900. The van der Waals surface area contributed by atoms with E-state index in [0.717, 1.165) is 17.1 Å². The number of ether oxygens (including phenoxy) is 1. The van der Waals surface area contributed by atoms with Gasteiger partial charge in [-0.25, -0.2) is 4.98 Å². The van der Waals surface area contributed by atoms with Crippen molar-refractivity contribution in [3.63, 3.8) is 0 Å². The third-order valence-corrected chi connectivity index (χ3v) is 2.52. The Balaban J connectivity index is 1.97. The van der Waals surface area contributed by atoms with E-state index < -0.39 is 0 Å².